The standard InChI is InChI=1S/C30H28FN7O4S/c1-3-15-43(40,41)38-24-6-4-5-22(26(24)31)19-16-23-27(25(17-19)42-2)36-29(37-28(23)32)18-7-9-20(10-8-18)34-30(39)35-21-11-13-33-14-12-21/h4-14,16-17,38H,3,15H2,1-2H3,(H2,32,36,37)(H2,33,34,35,39). The average Bonchev–Trinajstić information content (AvgIpc) is 2.98. The molecule has 11 nitrogen and oxygen atoms in total. The van der Waals surface area contributed by atoms with Crippen LogP contribution in [-0.2, 0) is 10.0 Å². The van der Waals surface area contributed by atoms with E-state index >= 15 is 4.39 Å². The molecule has 0 radical (unpaired) electrons. The zero-order chi connectivity index (χ0) is 30.6. The van der Waals surface area contributed by atoms with Crippen LogP contribution in [0.3, 0.4) is 0 Å². The number of rotatable bonds is 9. The molecule has 0 aliphatic carbocycles. The highest BCUT2D eigenvalue weighted by Gasteiger charge is 2.19. The normalized spacial score (nSPS) is 11.2. The molecule has 220 valence electrons. The lowest BCUT2D eigenvalue weighted by Gasteiger charge is -2.14. The first-order valence-electron chi connectivity index (χ1n) is 13.2. The van der Waals surface area contributed by atoms with Crippen LogP contribution in [-0.4, -0.2) is 42.3 Å². The van der Waals surface area contributed by atoms with E-state index in [1.807, 2.05) is 0 Å². The van der Waals surface area contributed by atoms with Crippen molar-refractivity contribution in [3.8, 4) is 28.3 Å². The number of carbonyl (C=O) groups is 1. The van der Waals surface area contributed by atoms with Crippen molar-refractivity contribution in [1.82, 2.24) is 15.0 Å². The van der Waals surface area contributed by atoms with E-state index in [4.69, 9.17) is 10.5 Å². The number of nitrogens with one attached hydrogen (secondary N) is 3. The van der Waals surface area contributed by atoms with Crippen molar-refractivity contribution in [2.45, 2.75) is 13.3 Å². The summed E-state index contributed by atoms with van der Waals surface area (Å²) in [6.45, 7) is 1.73. The zero-order valence-corrected chi connectivity index (χ0v) is 24.1. The highest BCUT2D eigenvalue weighted by Crippen LogP contribution is 2.37. The second kappa shape index (κ2) is 12.3. The Hall–Kier alpha value is -5.30. The molecule has 5 rings (SSSR count). The van der Waals surface area contributed by atoms with E-state index in [9.17, 15) is 13.2 Å². The van der Waals surface area contributed by atoms with Crippen molar-refractivity contribution in [2.24, 2.45) is 0 Å². The van der Waals surface area contributed by atoms with E-state index in [1.54, 1.807) is 73.9 Å². The Morgan fingerprint density at radius 2 is 1.65 bits per heavy atom. The second-order valence-electron chi connectivity index (χ2n) is 9.49. The van der Waals surface area contributed by atoms with Crippen molar-refractivity contribution in [3.05, 3.63) is 84.9 Å². The number of amides is 2. The van der Waals surface area contributed by atoms with Gasteiger partial charge >= 0.3 is 6.03 Å². The minimum absolute atomic E-state index is 0.127. The third kappa shape index (κ3) is 6.62. The van der Waals surface area contributed by atoms with E-state index < -0.39 is 21.9 Å². The number of nitrogens with two attached hydrogens (primary N) is 1. The van der Waals surface area contributed by atoms with E-state index in [0.717, 1.165) is 0 Å². The van der Waals surface area contributed by atoms with Gasteiger partial charge in [0.1, 0.15) is 17.1 Å². The molecule has 0 bridgehead atoms. The summed E-state index contributed by atoms with van der Waals surface area (Å²) < 4.78 is 47.9. The number of sulfonamides is 1. The van der Waals surface area contributed by atoms with E-state index in [2.05, 4.69) is 30.3 Å². The molecule has 5 aromatic rings. The summed E-state index contributed by atoms with van der Waals surface area (Å²) in [7, 11) is -2.24. The number of hydrogen-bond donors (Lipinski definition) is 4. The number of ether oxygens (including phenoxy) is 1. The number of benzene rings is 3. The Morgan fingerprint density at radius 1 is 0.953 bits per heavy atom. The number of halogens is 1. The Balaban J connectivity index is 1.44. The first kappa shape index (κ1) is 29.2. The number of carbonyl (C=O) groups excluding carboxylic acids is 1. The lowest BCUT2D eigenvalue weighted by molar-refractivity contribution is 0.262. The predicted octanol–water partition coefficient (Wildman–Crippen LogP) is 5.88. The molecule has 0 atom stereocenters. The van der Waals surface area contributed by atoms with E-state index in [0.29, 0.717) is 51.4 Å². The highest BCUT2D eigenvalue weighted by atomic mass is 32.2. The first-order valence-corrected chi connectivity index (χ1v) is 14.9. The Bertz CT molecular complexity index is 1900. The van der Waals surface area contributed by atoms with Gasteiger partial charge in [-0.05, 0) is 66.6 Å². The smallest absolute Gasteiger partial charge is 0.323 e. The quantitative estimate of drug-likeness (QED) is 0.163. The highest BCUT2D eigenvalue weighted by molar-refractivity contribution is 7.92. The maximum absolute atomic E-state index is 15.5. The number of pyridine rings is 1. The van der Waals surface area contributed by atoms with Crippen molar-refractivity contribution in [2.75, 3.05) is 34.0 Å². The second-order valence-corrected chi connectivity index (χ2v) is 11.3. The topological polar surface area (TPSA) is 161 Å². The van der Waals surface area contributed by atoms with Gasteiger partial charge in [0.2, 0.25) is 10.0 Å². The first-order chi connectivity index (χ1) is 20.7. The van der Waals surface area contributed by atoms with Gasteiger partial charge in [0.25, 0.3) is 0 Å². The van der Waals surface area contributed by atoms with Crippen LogP contribution in [0.25, 0.3) is 33.4 Å². The number of nitrogen functional groups attached to an aromatic ring is 1. The van der Waals surface area contributed by atoms with Crippen molar-refractivity contribution in [1.29, 1.82) is 0 Å². The minimum Gasteiger partial charge on any atom is -0.494 e. The molecule has 5 N–H and O–H groups in total. The molecule has 3 aromatic carbocycles. The van der Waals surface area contributed by atoms with Gasteiger partial charge in [-0.2, -0.15) is 0 Å². The summed E-state index contributed by atoms with van der Waals surface area (Å²) in [5, 5.41) is 5.90. The van der Waals surface area contributed by atoms with Crippen LogP contribution >= 0.6 is 0 Å². The van der Waals surface area contributed by atoms with Crippen LogP contribution < -0.4 is 25.8 Å². The molecule has 0 spiro atoms. The third-order valence-corrected chi connectivity index (χ3v) is 7.88. The van der Waals surface area contributed by atoms with Crippen LogP contribution in [0.5, 0.6) is 5.75 Å². The summed E-state index contributed by atoms with van der Waals surface area (Å²) in [6, 6.07) is 17.5. The molecule has 0 fully saturated rings. The fourth-order valence-electron chi connectivity index (χ4n) is 4.42. The lowest BCUT2D eigenvalue weighted by Crippen LogP contribution is -2.19. The summed E-state index contributed by atoms with van der Waals surface area (Å²) in [4.78, 5) is 25.3. The monoisotopic (exact) mass is 601 g/mol. The molecular weight excluding hydrogens is 573 g/mol. The van der Waals surface area contributed by atoms with Gasteiger partial charge in [0.05, 0.1) is 18.6 Å². The molecular formula is C30H28FN7O4S. The van der Waals surface area contributed by atoms with Crippen LogP contribution in [0.1, 0.15) is 13.3 Å². The van der Waals surface area contributed by atoms with Crippen LogP contribution in [0.4, 0.5) is 32.1 Å². The number of methoxy groups -OCH3 is 1. The molecule has 2 aromatic heterocycles. The Kier molecular flexibility index (Phi) is 8.34. The van der Waals surface area contributed by atoms with Crippen molar-refractivity contribution >= 4 is 49.8 Å². The summed E-state index contributed by atoms with van der Waals surface area (Å²) in [5.41, 5.74) is 8.96. The van der Waals surface area contributed by atoms with Gasteiger partial charge in [-0.25, -0.2) is 27.6 Å². The van der Waals surface area contributed by atoms with Gasteiger partial charge in [-0.3, -0.25) is 9.71 Å². The Labute approximate surface area is 247 Å². The number of nitrogens with zero attached hydrogens (tertiary/aromatic N) is 3. The summed E-state index contributed by atoms with van der Waals surface area (Å²) >= 11 is 0. The van der Waals surface area contributed by atoms with Crippen molar-refractivity contribution in [3.63, 3.8) is 0 Å². The Morgan fingerprint density at radius 3 is 2.33 bits per heavy atom. The SMILES string of the molecule is CCCS(=O)(=O)Nc1cccc(-c2cc(OC)c3nc(-c4ccc(NC(=O)Nc5ccncc5)cc4)nc(N)c3c2)c1F. The predicted molar refractivity (Wildman–Crippen MR) is 166 cm³/mol. The van der Waals surface area contributed by atoms with Crippen LogP contribution in [0, 0.1) is 5.82 Å². The fraction of sp³-hybridized carbons (Fsp3) is 0.133. The molecule has 0 aliphatic rings. The third-order valence-electron chi connectivity index (χ3n) is 6.40. The van der Waals surface area contributed by atoms with E-state index in [-0.39, 0.29) is 22.8 Å². The van der Waals surface area contributed by atoms with Gasteiger partial charge in [-0.15, -0.1) is 0 Å². The number of aromatic nitrogens is 3. The fourth-order valence-corrected chi connectivity index (χ4v) is 5.55. The van der Waals surface area contributed by atoms with Crippen molar-refractivity contribution < 1.29 is 22.3 Å². The van der Waals surface area contributed by atoms with Gasteiger partial charge in [-0.1, -0.05) is 19.1 Å². The van der Waals surface area contributed by atoms with Crippen LogP contribution in [0.15, 0.2) is 79.1 Å². The lowest BCUT2D eigenvalue weighted by atomic mass is 10.0. The average molecular weight is 602 g/mol. The molecule has 0 unspecified atom stereocenters. The number of urea groups is 1. The van der Waals surface area contributed by atoms with Gasteiger partial charge in [0, 0.05) is 40.3 Å². The molecule has 2 heterocycles. The number of anilines is 4. The number of fused-ring (bicyclic) bond motifs is 1. The molecule has 0 saturated carbocycles. The zero-order valence-electron chi connectivity index (χ0n) is 23.3. The maximum atomic E-state index is 15.5. The summed E-state index contributed by atoms with van der Waals surface area (Å²) in [6.07, 6.45) is 3.55. The molecule has 0 aliphatic heterocycles. The van der Waals surface area contributed by atoms with Crippen LogP contribution in [0.2, 0.25) is 0 Å². The van der Waals surface area contributed by atoms with Gasteiger partial charge in [0.15, 0.2) is 11.6 Å². The summed E-state index contributed by atoms with van der Waals surface area (Å²) in [5.74, 6) is -0.0767. The minimum atomic E-state index is -3.69. The largest absolute Gasteiger partial charge is 0.494 e. The van der Waals surface area contributed by atoms with Gasteiger partial charge < -0.3 is 21.1 Å². The number of hydrogen-bond acceptors (Lipinski definition) is 8. The molecule has 2 amide bonds. The molecule has 43 heavy (non-hydrogen) atoms. The molecule has 13 heteroatoms. The maximum Gasteiger partial charge on any atom is 0.323 e. The molecule has 0 saturated heterocycles. The van der Waals surface area contributed by atoms with E-state index in [1.165, 1.54) is 19.2 Å².